The molecule has 3 N–H and O–H groups in total. The Morgan fingerprint density at radius 1 is 0.804 bits per heavy atom. The van der Waals surface area contributed by atoms with Crippen molar-refractivity contribution in [1.82, 2.24) is 31.0 Å². The van der Waals surface area contributed by atoms with E-state index in [-0.39, 0.29) is 60.5 Å². The van der Waals surface area contributed by atoms with E-state index in [1.165, 1.54) is 43.3 Å². The molecule has 20 heteroatoms. The van der Waals surface area contributed by atoms with Crippen LogP contribution in [-0.4, -0.2) is 74.5 Å². The maximum Gasteiger partial charge on any atom is 0.514 e. The number of hydrogen-bond donors (Lipinski definition) is 3. The van der Waals surface area contributed by atoms with Crippen LogP contribution in [0.4, 0.5) is 16.2 Å². The van der Waals surface area contributed by atoms with Crippen molar-refractivity contribution in [2.24, 2.45) is 5.92 Å². The fraction of sp³-hybridized carbons (Fsp3) is 0.333. The molecule has 296 valence electrons. The summed E-state index contributed by atoms with van der Waals surface area (Å²) in [5.74, 6) is -1.61. The molecule has 0 spiro atoms. The zero-order valence-electron chi connectivity index (χ0n) is 31.2. The molecule has 0 bridgehead atoms. The maximum atomic E-state index is 13.2. The summed E-state index contributed by atoms with van der Waals surface area (Å²) in [6.07, 6.45) is -1.20. The molecule has 0 aliphatic rings. The molecule has 0 unspecified atom stereocenters. The summed E-state index contributed by atoms with van der Waals surface area (Å²) >= 11 is 0. The number of anilines is 1. The third kappa shape index (κ3) is 12.4. The summed E-state index contributed by atoms with van der Waals surface area (Å²) < 4.78 is 33.4. The molecule has 0 radical (unpaired) electrons. The normalized spacial score (nSPS) is 12.2. The molecule has 2 atom stereocenters. The fourth-order valence-corrected chi connectivity index (χ4v) is 6.38. The maximum absolute atomic E-state index is 13.2. The first kappa shape index (κ1) is 42.6. The standard InChI is InChI=1S/C36H41N8O11P/c1-6-53-56(51,54-7-2)21-30-40-42-32(43-41-30)25-10-12-26(13-11-25)34(46)39-31(22(3)4)35(47)37-23(5)33(45)38-27-14-8-24(9-15-27)20-52-36(48)55-29-18-16-28(17-19-29)44(49)50/h8-19,22-23,31H,6-7,20-21H2,1-5H3,(H,37,47)(H,38,45)(H,39,46)/t23-,31-/m0/s1. The van der Waals surface area contributed by atoms with Gasteiger partial charge in [0.05, 0.1) is 18.1 Å². The van der Waals surface area contributed by atoms with Gasteiger partial charge in [-0.25, -0.2) is 4.79 Å². The van der Waals surface area contributed by atoms with Crippen LogP contribution in [0.1, 0.15) is 56.4 Å². The molecule has 4 rings (SSSR count). The van der Waals surface area contributed by atoms with Gasteiger partial charge in [0.25, 0.3) is 11.6 Å². The highest BCUT2D eigenvalue weighted by atomic mass is 31.2. The van der Waals surface area contributed by atoms with Crippen molar-refractivity contribution in [3.8, 4) is 17.1 Å². The molecule has 4 aromatic rings. The predicted octanol–water partition coefficient (Wildman–Crippen LogP) is 5.22. The minimum atomic E-state index is -3.44. The second kappa shape index (κ2) is 19.9. The lowest BCUT2D eigenvalue weighted by atomic mass is 10.0. The summed E-state index contributed by atoms with van der Waals surface area (Å²) in [6, 6.07) is 15.6. The Morgan fingerprint density at radius 3 is 1.96 bits per heavy atom. The van der Waals surface area contributed by atoms with Gasteiger partial charge in [0.1, 0.15) is 30.6 Å². The third-order valence-corrected chi connectivity index (χ3v) is 9.70. The molecule has 0 aliphatic carbocycles. The SMILES string of the molecule is CCOP(=O)(Cc1nnc(-c2ccc(C(=O)N[C@H](C(=O)N[C@@H](C)C(=O)Nc3ccc(COC(=O)Oc4ccc([N+](=O)[O-])cc4)cc3)C(C)C)cc2)nn1)OCC. The second-order valence-corrected chi connectivity index (χ2v) is 14.4. The number of nitro groups is 1. The average molecular weight is 793 g/mol. The third-order valence-electron chi connectivity index (χ3n) is 7.73. The Morgan fingerprint density at radius 2 is 1.41 bits per heavy atom. The van der Waals surface area contributed by atoms with Crippen LogP contribution in [0, 0.1) is 16.0 Å². The van der Waals surface area contributed by atoms with E-state index >= 15 is 0 Å². The van der Waals surface area contributed by atoms with Crippen molar-refractivity contribution in [2.75, 3.05) is 18.5 Å². The van der Waals surface area contributed by atoms with Gasteiger partial charge in [0.15, 0.2) is 5.82 Å². The number of nitrogens with zero attached hydrogens (tertiary/aromatic N) is 5. The first-order chi connectivity index (χ1) is 26.7. The van der Waals surface area contributed by atoms with E-state index in [1.807, 2.05) is 0 Å². The number of carbonyl (C=O) groups excluding carboxylic acids is 4. The van der Waals surface area contributed by atoms with Gasteiger partial charge < -0.3 is 34.5 Å². The monoisotopic (exact) mass is 792 g/mol. The molecule has 0 saturated heterocycles. The van der Waals surface area contributed by atoms with Crippen molar-refractivity contribution in [2.45, 2.75) is 59.5 Å². The van der Waals surface area contributed by atoms with Crippen molar-refractivity contribution in [3.05, 3.63) is 99.9 Å². The van der Waals surface area contributed by atoms with Gasteiger partial charge in [-0.3, -0.25) is 29.1 Å². The molecular formula is C36H41N8O11P. The number of aromatic nitrogens is 4. The van der Waals surface area contributed by atoms with Crippen molar-refractivity contribution in [3.63, 3.8) is 0 Å². The number of ether oxygens (including phenoxy) is 2. The lowest BCUT2D eigenvalue weighted by Crippen LogP contribution is -2.53. The van der Waals surface area contributed by atoms with E-state index in [4.69, 9.17) is 18.5 Å². The van der Waals surface area contributed by atoms with Gasteiger partial charge in [0.2, 0.25) is 17.6 Å². The Hall–Kier alpha value is -6.17. The van der Waals surface area contributed by atoms with Crippen LogP contribution in [0.2, 0.25) is 0 Å². The summed E-state index contributed by atoms with van der Waals surface area (Å²) in [6.45, 7) is 8.62. The van der Waals surface area contributed by atoms with Crippen LogP contribution in [0.25, 0.3) is 11.4 Å². The Bertz CT molecular complexity index is 2020. The lowest BCUT2D eigenvalue weighted by Gasteiger charge is -2.24. The highest BCUT2D eigenvalue weighted by Gasteiger charge is 2.28. The quantitative estimate of drug-likeness (QED) is 0.0384. The van der Waals surface area contributed by atoms with Gasteiger partial charge in [-0.05, 0) is 68.7 Å². The topological polar surface area (TPSA) is 253 Å². The highest BCUT2D eigenvalue weighted by molar-refractivity contribution is 7.53. The van der Waals surface area contributed by atoms with Gasteiger partial charge in [-0.2, -0.15) is 0 Å². The molecule has 0 saturated carbocycles. The molecule has 3 aromatic carbocycles. The highest BCUT2D eigenvalue weighted by Crippen LogP contribution is 2.50. The molecule has 1 heterocycles. The molecule has 1 aromatic heterocycles. The van der Waals surface area contributed by atoms with Crippen molar-refractivity contribution in [1.29, 1.82) is 0 Å². The zero-order chi connectivity index (χ0) is 40.8. The van der Waals surface area contributed by atoms with E-state index in [0.29, 0.717) is 16.8 Å². The molecule has 0 aliphatic heterocycles. The Labute approximate surface area is 321 Å². The van der Waals surface area contributed by atoms with E-state index in [0.717, 1.165) is 0 Å². The van der Waals surface area contributed by atoms with Crippen LogP contribution >= 0.6 is 7.60 Å². The summed E-state index contributed by atoms with van der Waals surface area (Å²) in [5.41, 5.74) is 1.60. The largest absolute Gasteiger partial charge is 0.514 e. The van der Waals surface area contributed by atoms with Crippen LogP contribution in [0.5, 0.6) is 5.75 Å². The number of amides is 3. The van der Waals surface area contributed by atoms with Crippen LogP contribution in [0.15, 0.2) is 72.8 Å². The van der Waals surface area contributed by atoms with Gasteiger partial charge in [-0.15, -0.1) is 20.4 Å². The second-order valence-electron chi connectivity index (χ2n) is 12.3. The van der Waals surface area contributed by atoms with E-state index in [1.54, 1.807) is 64.1 Å². The van der Waals surface area contributed by atoms with Crippen LogP contribution < -0.4 is 20.7 Å². The molecular weight excluding hydrogens is 751 g/mol. The molecule has 0 fully saturated rings. The molecule has 56 heavy (non-hydrogen) atoms. The summed E-state index contributed by atoms with van der Waals surface area (Å²) in [4.78, 5) is 61.5. The van der Waals surface area contributed by atoms with Gasteiger partial charge in [0, 0.05) is 28.9 Å². The average Bonchev–Trinajstić information content (AvgIpc) is 3.17. The van der Waals surface area contributed by atoms with Crippen molar-refractivity contribution < 1.29 is 47.2 Å². The minimum absolute atomic E-state index is 0.0762. The number of rotatable bonds is 18. The summed E-state index contributed by atoms with van der Waals surface area (Å²) in [5, 5.41) is 34.9. The summed E-state index contributed by atoms with van der Waals surface area (Å²) in [7, 11) is -3.44. The zero-order valence-corrected chi connectivity index (χ0v) is 32.1. The number of carbonyl (C=O) groups is 4. The van der Waals surface area contributed by atoms with Crippen LogP contribution in [-0.2, 0) is 40.7 Å². The fourth-order valence-electron chi connectivity index (χ4n) is 4.86. The van der Waals surface area contributed by atoms with Crippen LogP contribution in [0.3, 0.4) is 0 Å². The number of non-ortho nitro benzene ring substituents is 1. The van der Waals surface area contributed by atoms with E-state index in [9.17, 15) is 33.9 Å². The number of nitrogens with one attached hydrogen (secondary N) is 3. The lowest BCUT2D eigenvalue weighted by molar-refractivity contribution is -0.384. The van der Waals surface area contributed by atoms with E-state index < -0.39 is 48.5 Å². The minimum Gasteiger partial charge on any atom is -0.429 e. The smallest absolute Gasteiger partial charge is 0.429 e. The number of hydrogen-bond acceptors (Lipinski definition) is 15. The number of benzene rings is 3. The number of nitro benzene ring substituents is 1. The van der Waals surface area contributed by atoms with Gasteiger partial charge in [-0.1, -0.05) is 38.1 Å². The molecule has 3 amide bonds. The molecule has 19 nitrogen and oxygen atoms in total. The predicted molar refractivity (Wildman–Crippen MR) is 200 cm³/mol. The Kier molecular flexibility index (Phi) is 15.2. The Balaban J connectivity index is 1.25. The first-order valence-electron chi connectivity index (χ1n) is 17.3. The van der Waals surface area contributed by atoms with E-state index in [2.05, 4.69) is 36.3 Å². The first-order valence-corrected chi connectivity index (χ1v) is 19.1. The van der Waals surface area contributed by atoms with Crippen molar-refractivity contribution >= 4 is 42.8 Å². The van der Waals surface area contributed by atoms with Gasteiger partial charge >= 0.3 is 13.8 Å².